The van der Waals surface area contributed by atoms with Crippen LogP contribution in [0.2, 0.25) is 0 Å². The van der Waals surface area contributed by atoms with Gasteiger partial charge in [0.2, 0.25) is 0 Å². The smallest absolute Gasteiger partial charge is 0.187 e. The van der Waals surface area contributed by atoms with Gasteiger partial charge in [-0.3, -0.25) is 0 Å². The monoisotopic (exact) mass is 398 g/mol. The molecule has 0 aromatic rings. The molecule has 14 heteroatoms. The first-order chi connectivity index (χ1) is 10.8. The van der Waals surface area contributed by atoms with E-state index in [1.165, 1.54) is 0 Å². The predicted octanol–water partition coefficient (Wildman–Crippen LogP) is -8.24. The molecule has 1 rings (SSSR count). The van der Waals surface area contributed by atoms with Crippen molar-refractivity contribution in [1.29, 1.82) is 0 Å². The third-order valence-corrected chi connectivity index (χ3v) is 3.62. The highest BCUT2D eigenvalue weighted by Gasteiger charge is 2.46. The van der Waals surface area contributed by atoms with Gasteiger partial charge in [-0.05, 0) is 0 Å². The second-order valence-electron chi connectivity index (χ2n) is 5.29. The van der Waals surface area contributed by atoms with Gasteiger partial charge in [-0.25, -0.2) is 0 Å². The Morgan fingerprint density at radius 3 is 1.69 bits per heavy atom. The Morgan fingerprint density at radius 2 is 1.27 bits per heavy atom. The van der Waals surface area contributed by atoms with E-state index in [2.05, 4.69) is 0 Å². The Bertz CT molecular complexity index is 344. The lowest BCUT2D eigenvalue weighted by atomic mass is 9.98. The first-order valence-electron chi connectivity index (χ1n) is 7.00. The number of ether oxygens (including phenoxy) is 2. The van der Waals surface area contributed by atoms with Crippen LogP contribution in [-0.2, 0) is 9.47 Å². The second kappa shape index (κ2) is 13.6. The van der Waals surface area contributed by atoms with Gasteiger partial charge >= 0.3 is 0 Å². The van der Waals surface area contributed by atoms with Gasteiger partial charge in [0.1, 0.15) is 48.8 Å². The molecule has 0 radical (unpaired) electrons. The number of aliphatic hydroxyl groups excluding tert-OH is 9. The first-order valence-corrected chi connectivity index (χ1v) is 7.00. The highest BCUT2D eigenvalue weighted by atomic mass is 16.7. The molecule has 1 fully saturated rings. The van der Waals surface area contributed by atoms with E-state index in [1.807, 2.05) is 0 Å². The summed E-state index contributed by atoms with van der Waals surface area (Å²) < 4.78 is 10.1. The molecule has 9 atom stereocenters. The van der Waals surface area contributed by atoms with Crippen molar-refractivity contribution in [2.24, 2.45) is 0 Å². The van der Waals surface area contributed by atoms with E-state index in [9.17, 15) is 30.6 Å². The topological polar surface area (TPSA) is 295 Å². The molecule has 0 aromatic heterocycles. The molecule has 26 heavy (non-hydrogen) atoms. The maximum absolute atomic E-state index is 9.83. The summed E-state index contributed by atoms with van der Waals surface area (Å²) in [6.45, 7) is -2.45. The van der Waals surface area contributed by atoms with Crippen LogP contribution in [-0.4, -0.2) is 137 Å². The fourth-order valence-corrected chi connectivity index (χ4v) is 2.16. The van der Waals surface area contributed by atoms with E-state index in [1.54, 1.807) is 0 Å². The van der Waals surface area contributed by atoms with Crippen LogP contribution in [0, 0.1) is 0 Å². The summed E-state index contributed by atoms with van der Waals surface area (Å²) in [6.07, 6.45) is -15.1. The third-order valence-electron chi connectivity index (χ3n) is 3.62. The van der Waals surface area contributed by atoms with Gasteiger partial charge in [-0.15, -0.1) is 0 Å². The predicted molar refractivity (Wildman–Crippen MR) is 81.7 cm³/mol. The molecule has 1 heterocycles. The third kappa shape index (κ3) is 6.87. The molecular weight excluding hydrogens is 368 g/mol. The average molecular weight is 398 g/mol. The van der Waals surface area contributed by atoms with E-state index in [4.69, 9.17) is 24.8 Å². The van der Waals surface area contributed by atoms with E-state index in [0.29, 0.717) is 0 Å². The molecule has 1 saturated heterocycles. The quantitative estimate of drug-likeness (QED) is 0.185. The zero-order valence-corrected chi connectivity index (χ0v) is 13.7. The minimum absolute atomic E-state index is 0. The molecule has 1 aliphatic heterocycles. The molecular formula is C12H30O14. The van der Waals surface area contributed by atoms with Gasteiger partial charge in [-0.2, -0.15) is 0 Å². The zero-order valence-electron chi connectivity index (χ0n) is 13.7. The fraction of sp³-hybridized carbons (Fsp3) is 1.00. The molecule has 0 bridgehead atoms. The second-order valence-corrected chi connectivity index (χ2v) is 5.29. The number of hydrogen-bond acceptors (Lipinski definition) is 11. The first kappa shape index (κ1) is 30.2. The summed E-state index contributed by atoms with van der Waals surface area (Å²) in [4.78, 5) is 0. The molecule has 0 amide bonds. The van der Waals surface area contributed by atoms with Crippen LogP contribution in [0.15, 0.2) is 0 Å². The van der Waals surface area contributed by atoms with Crippen molar-refractivity contribution < 1.29 is 71.9 Å². The van der Waals surface area contributed by atoms with Crippen molar-refractivity contribution in [2.75, 3.05) is 19.8 Å². The van der Waals surface area contributed by atoms with Crippen LogP contribution in [0.5, 0.6) is 0 Å². The summed E-state index contributed by atoms with van der Waals surface area (Å²) in [5.74, 6) is 0. The van der Waals surface area contributed by atoms with Crippen molar-refractivity contribution in [3.63, 3.8) is 0 Å². The standard InChI is InChI=1S/C12H24O11.3H2O/c13-1-4(16)7(18)11(5(17)2-14)23-12-10(21)9(20)8(19)6(3-15)22-12;;;/h4-21H,1-3H2;3*1H2. The molecule has 15 N–H and O–H groups in total. The van der Waals surface area contributed by atoms with Crippen molar-refractivity contribution in [3.05, 3.63) is 0 Å². The van der Waals surface area contributed by atoms with Crippen LogP contribution >= 0.6 is 0 Å². The lowest BCUT2D eigenvalue weighted by molar-refractivity contribution is -0.327. The highest BCUT2D eigenvalue weighted by Crippen LogP contribution is 2.24. The summed E-state index contributed by atoms with van der Waals surface area (Å²) in [5.41, 5.74) is 0. The molecule has 1 aliphatic rings. The average Bonchev–Trinajstić information content (AvgIpc) is 2.57. The van der Waals surface area contributed by atoms with E-state index < -0.39 is 74.9 Å². The largest absolute Gasteiger partial charge is 0.412 e. The normalized spacial score (nSPS) is 32.9. The zero-order chi connectivity index (χ0) is 17.7. The summed E-state index contributed by atoms with van der Waals surface area (Å²) in [6, 6.07) is 0. The van der Waals surface area contributed by atoms with Gasteiger partial charge in [0.05, 0.1) is 19.8 Å². The molecule has 14 nitrogen and oxygen atoms in total. The Morgan fingerprint density at radius 1 is 0.769 bits per heavy atom. The van der Waals surface area contributed by atoms with Gasteiger partial charge in [0.15, 0.2) is 6.29 Å². The Hall–Kier alpha value is -0.560. The van der Waals surface area contributed by atoms with Gasteiger partial charge < -0.3 is 71.9 Å². The van der Waals surface area contributed by atoms with Crippen molar-refractivity contribution in [2.45, 2.75) is 55.1 Å². The van der Waals surface area contributed by atoms with Crippen molar-refractivity contribution >= 4 is 0 Å². The number of aliphatic hydroxyl groups is 9. The number of hydrogen-bond donors (Lipinski definition) is 9. The SMILES string of the molecule is O.O.O.OCC(O)C(O)C(OC1OC(CO)C(O)C(O)C1O)C(O)CO. The molecule has 0 aromatic carbocycles. The Balaban J connectivity index is -0.00000176. The fourth-order valence-electron chi connectivity index (χ4n) is 2.16. The summed E-state index contributed by atoms with van der Waals surface area (Å²) in [5, 5.41) is 84.9. The van der Waals surface area contributed by atoms with E-state index in [0.717, 1.165) is 0 Å². The maximum Gasteiger partial charge on any atom is 0.187 e. The molecule has 0 spiro atoms. The van der Waals surface area contributed by atoms with Crippen molar-refractivity contribution in [3.8, 4) is 0 Å². The van der Waals surface area contributed by atoms with E-state index in [-0.39, 0.29) is 16.4 Å². The Labute approximate surface area is 148 Å². The minimum atomic E-state index is -1.85. The summed E-state index contributed by atoms with van der Waals surface area (Å²) >= 11 is 0. The van der Waals surface area contributed by atoms with Crippen LogP contribution < -0.4 is 0 Å². The summed E-state index contributed by atoms with van der Waals surface area (Å²) in [7, 11) is 0. The lowest BCUT2D eigenvalue weighted by Gasteiger charge is -2.42. The maximum atomic E-state index is 9.83. The molecule has 0 aliphatic carbocycles. The molecule has 162 valence electrons. The Kier molecular flexibility index (Phi) is 15.8. The molecule has 9 unspecified atom stereocenters. The van der Waals surface area contributed by atoms with Crippen molar-refractivity contribution in [1.82, 2.24) is 0 Å². The van der Waals surface area contributed by atoms with E-state index >= 15 is 0 Å². The number of rotatable bonds is 8. The van der Waals surface area contributed by atoms with Gasteiger partial charge in [0.25, 0.3) is 0 Å². The highest BCUT2D eigenvalue weighted by molar-refractivity contribution is 4.91. The van der Waals surface area contributed by atoms with Gasteiger partial charge in [-0.1, -0.05) is 0 Å². The van der Waals surface area contributed by atoms with Crippen LogP contribution in [0.25, 0.3) is 0 Å². The minimum Gasteiger partial charge on any atom is -0.412 e. The lowest BCUT2D eigenvalue weighted by Crippen LogP contribution is -2.61. The van der Waals surface area contributed by atoms with Crippen LogP contribution in [0.3, 0.4) is 0 Å². The van der Waals surface area contributed by atoms with Crippen LogP contribution in [0.4, 0.5) is 0 Å². The van der Waals surface area contributed by atoms with Crippen LogP contribution in [0.1, 0.15) is 0 Å². The van der Waals surface area contributed by atoms with Gasteiger partial charge in [0, 0.05) is 0 Å². The molecule has 0 saturated carbocycles.